The van der Waals surface area contributed by atoms with Gasteiger partial charge in [-0.25, -0.2) is 0 Å². The number of rotatable bonds is 56. The molecule has 0 spiro atoms. The molecule has 4 aliphatic rings. The first-order chi connectivity index (χ1) is 62.7. The van der Waals surface area contributed by atoms with Gasteiger partial charge in [-0.3, -0.25) is 0 Å². The van der Waals surface area contributed by atoms with Gasteiger partial charge in [-0.2, -0.15) is 0 Å². The van der Waals surface area contributed by atoms with E-state index in [4.69, 9.17) is 8.83 Å². The van der Waals surface area contributed by atoms with Crippen LogP contribution in [0.5, 0.6) is 0 Å². The number of furan rings is 2. The summed E-state index contributed by atoms with van der Waals surface area (Å²) in [5.41, 5.74) is 34.4. The van der Waals surface area contributed by atoms with Crippen molar-refractivity contribution in [1.82, 2.24) is 0 Å². The smallest absolute Gasteiger partial charge is 0.144 e. The van der Waals surface area contributed by atoms with E-state index in [-0.39, 0.29) is 21.7 Å². The maximum atomic E-state index is 7.73. The van der Waals surface area contributed by atoms with Crippen LogP contribution in [0.15, 0.2) is 197 Å². The predicted octanol–water partition coefficient (Wildman–Crippen LogP) is 40.1. The van der Waals surface area contributed by atoms with E-state index in [0.717, 1.165) is 48.0 Å². The van der Waals surface area contributed by atoms with Crippen molar-refractivity contribution < 1.29 is 8.83 Å². The van der Waals surface area contributed by atoms with Gasteiger partial charge in [0.1, 0.15) is 22.3 Å². The lowest BCUT2D eigenvalue weighted by molar-refractivity contribution is 0.369. The number of anilines is 3. The van der Waals surface area contributed by atoms with Crippen molar-refractivity contribution in [3.05, 3.63) is 233 Å². The minimum absolute atomic E-state index is 0.119. The molecule has 4 aliphatic carbocycles. The number of nitrogens with zero attached hydrogens (tertiary/aromatic N) is 1. The van der Waals surface area contributed by atoms with Crippen LogP contribution in [0.3, 0.4) is 0 Å². The second-order valence-electron chi connectivity index (χ2n) is 40.5. The van der Waals surface area contributed by atoms with Gasteiger partial charge in [-0.15, -0.1) is 0 Å². The second-order valence-corrected chi connectivity index (χ2v) is 40.5. The van der Waals surface area contributed by atoms with Gasteiger partial charge in [0.25, 0.3) is 0 Å². The summed E-state index contributed by atoms with van der Waals surface area (Å²) in [6.45, 7) is 19.1. The van der Waals surface area contributed by atoms with Crippen LogP contribution < -0.4 is 4.90 Å². The highest BCUT2D eigenvalue weighted by Crippen LogP contribution is 2.69. The lowest BCUT2D eigenvalue weighted by Crippen LogP contribution is -2.33. The Morgan fingerprint density at radius 1 is 0.213 bits per heavy atom. The molecule has 0 saturated carbocycles. The molecule has 16 rings (SSSR count). The minimum Gasteiger partial charge on any atom is -0.456 e. The Morgan fingerprint density at radius 3 is 1.06 bits per heavy atom. The second kappa shape index (κ2) is 44.0. The maximum Gasteiger partial charge on any atom is 0.144 e. The largest absolute Gasteiger partial charge is 0.456 e. The Balaban J connectivity index is 0.954. The summed E-state index contributed by atoms with van der Waals surface area (Å²) in [6.07, 6.45) is 65.5. The summed E-state index contributed by atoms with van der Waals surface area (Å²) in [5, 5.41) is 5.23. The zero-order valence-corrected chi connectivity index (χ0v) is 80.4. The highest BCUT2D eigenvalue weighted by Gasteiger charge is 2.55. The Hall–Kier alpha value is -8.40. The third-order valence-corrected chi connectivity index (χ3v) is 32.0. The minimum atomic E-state index is -0.272. The molecule has 0 unspecified atom stereocenters. The molecule has 0 fully saturated rings. The molecule has 0 aliphatic heterocycles. The molecule has 672 valence electrons. The average Bonchev–Trinajstić information content (AvgIpc) is 1.49. The summed E-state index contributed by atoms with van der Waals surface area (Å²) in [4.78, 5) is 2.79. The zero-order chi connectivity index (χ0) is 87.4. The van der Waals surface area contributed by atoms with Gasteiger partial charge < -0.3 is 13.7 Å². The molecule has 10 aromatic carbocycles. The molecule has 0 atom stereocenters. The van der Waals surface area contributed by atoms with Crippen molar-refractivity contribution in [2.24, 2.45) is 0 Å². The lowest BCUT2D eigenvalue weighted by Gasteiger charge is -2.40. The summed E-state index contributed by atoms with van der Waals surface area (Å²) in [7, 11) is 0. The van der Waals surface area contributed by atoms with Crippen LogP contribution in [0, 0.1) is 0 Å². The Labute approximate surface area is 768 Å². The first kappa shape index (κ1) is 91.9. The Bertz CT molecular complexity index is 5480. The average molecular weight is 1700 g/mol. The normalized spacial score (nSPS) is 14.5. The van der Waals surface area contributed by atoms with E-state index >= 15 is 0 Å². The van der Waals surface area contributed by atoms with Crippen LogP contribution in [-0.2, 0) is 21.7 Å². The van der Waals surface area contributed by atoms with Crippen molar-refractivity contribution in [2.75, 3.05) is 4.90 Å². The number of para-hydroxylation sites is 2. The van der Waals surface area contributed by atoms with Gasteiger partial charge in [0.15, 0.2) is 0 Å². The van der Waals surface area contributed by atoms with E-state index in [1.54, 1.807) is 44.5 Å². The molecule has 12 aromatic rings. The first-order valence-electron chi connectivity index (χ1n) is 53.2. The van der Waals surface area contributed by atoms with Gasteiger partial charge >= 0.3 is 0 Å². The number of fused-ring (bicyclic) bond motifs is 22. The SMILES string of the molecule is CCCCCCCCC1(CCCCCCCC)c2cc(N(c3ccc(-c4ccccc4)cc3)c3ccc4c(c3)C(CCCCCCC)(CCCCCCC)c3c5c(c6oc7ccccc7c6c3-4)-c3ccccc3C5(CCCCCCC)CCCCCCC)ccc2-c2cc3c(cc21)-c1c(ccc2oc4ccccc4c12)C3(CCCCCCCC)CCCCCCCC. The Kier molecular flexibility index (Phi) is 31.8. The molecule has 0 bridgehead atoms. The molecule has 3 heteroatoms. The van der Waals surface area contributed by atoms with E-state index in [2.05, 4.69) is 248 Å². The van der Waals surface area contributed by atoms with E-state index in [0.29, 0.717) is 0 Å². The first-order valence-corrected chi connectivity index (χ1v) is 53.2. The number of benzene rings is 10. The van der Waals surface area contributed by atoms with Crippen molar-refractivity contribution >= 4 is 60.9 Å². The van der Waals surface area contributed by atoms with Gasteiger partial charge in [0, 0.05) is 65.8 Å². The van der Waals surface area contributed by atoms with Gasteiger partial charge in [-0.05, 0) is 213 Å². The number of hydrogen-bond donors (Lipinski definition) is 0. The highest BCUT2D eigenvalue weighted by atomic mass is 16.3. The highest BCUT2D eigenvalue weighted by molar-refractivity contribution is 6.21. The molecular weight excluding hydrogens is 1540 g/mol. The van der Waals surface area contributed by atoms with Crippen LogP contribution >= 0.6 is 0 Å². The lowest BCUT2D eigenvalue weighted by atomic mass is 9.62. The van der Waals surface area contributed by atoms with Gasteiger partial charge in [0.05, 0.1) is 0 Å². The standard InChI is InChI=1S/C124H159NO2/c1-9-17-25-33-41-54-80-121(81-55-42-34-26-18-10-2)105-78-79-112-114(100-65-49-52-68-110(100)126-112)113(105)103-91-108-102(90-109(103)121)97-76-74-95(88-106(97)122(108,82-56-43-35-27-19-11-3)83-57-44-36-28-20-12-4)125(94-72-70-93(71-73-94)92-62-46-45-47-63-92)96-75-77-99-107(89-96)124(86-60-39-31-23-15-7,87-61-40-32-24-16-8)118-115(99)116-101-66-50-53-69-111(101)127-120(116)117-98-64-48-51-67-104(98)123(119(117)118,84-58-37-29-21-13-5)85-59-38-30-22-14-6/h45-53,62-79,88-91H,9-44,54-61,80-87H2,1-8H3. The maximum absolute atomic E-state index is 7.73. The molecule has 0 N–H and O–H groups in total. The number of hydrogen-bond acceptors (Lipinski definition) is 3. The fourth-order valence-corrected chi connectivity index (χ4v) is 25.5. The van der Waals surface area contributed by atoms with Crippen LogP contribution in [0.25, 0.3) is 99.5 Å². The topological polar surface area (TPSA) is 29.5 Å². The molecule has 127 heavy (non-hydrogen) atoms. The predicted molar refractivity (Wildman–Crippen MR) is 551 cm³/mol. The summed E-state index contributed by atoms with van der Waals surface area (Å²) in [5.74, 6) is 0. The molecule has 2 aromatic heterocycles. The van der Waals surface area contributed by atoms with Crippen LogP contribution in [-0.4, -0.2) is 0 Å². The monoisotopic (exact) mass is 1690 g/mol. The van der Waals surface area contributed by atoms with Crippen molar-refractivity contribution in [3.8, 4) is 55.6 Å². The van der Waals surface area contributed by atoms with E-state index in [1.807, 2.05) is 0 Å². The van der Waals surface area contributed by atoms with Crippen LogP contribution in [0.4, 0.5) is 17.1 Å². The molecule has 3 nitrogen and oxygen atoms in total. The van der Waals surface area contributed by atoms with Crippen molar-refractivity contribution in [1.29, 1.82) is 0 Å². The summed E-state index contributed by atoms with van der Waals surface area (Å²) < 4.78 is 14.8. The molecule has 0 saturated heterocycles. The van der Waals surface area contributed by atoms with Crippen molar-refractivity contribution in [3.63, 3.8) is 0 Å². The molecule has 0 radical (unpaired) electrons. The Morgan fingerprint density at radius 2 is 0.559 bits per heavy atom. The molecular formula is C124H159NO2. The fourth-order valence-electron chi connectivity index (χ4n) is 25.5. The quantitative estimate of drug-likeness (QED) is 0.0356. The van der Waals surface area contributed by atoms with Gasteiger partial charge in [0.2, 0.25) is 0 Å². The molecule has 2 heterocycles. The van der Waals surface area contributed by atoms with E-state index in [1.165, 1.54) is 402 Å². The van der Waals surface area contributed by atoms with E-state index in [9.17, 15) is 0 Å². The van der Waals surface area contributed by atoms with Gasteiger partial charge in [-0.1, -0.05) is 459 Å². The third kappa shape index (κ3) is 18.7. The fraction of sp³-hybridized carbons (Fsp3) is 0.516. The number of unbranched alkanes of at least 4 members (excludes halogenated alkanes) is 36. The summed E-state index contributed by atoms with van der Waals surface area (Å²) in [6, 6.07) is 76.4. The molecule has 0 amide bonds. The van der Waals surface area contributed by atoms with Crippen LogP contribution in [0.1, 0.15) is 434 Å². The van der Waals surface area contributed by atoms with Crippen molar-refractivity contribution in [2.45, 2.75) is 411 Å². The van der Waals surface area contributed by atoms with Crippen LogP contribution in [0.2, 0.25) is 0 Å². The zero-order valence-electron chi connectivity index (χ0n) is 80.4. The third-order valence-electron chi connectivity index (χ3n) is 32.0. The summed E-state index contributed by atoms with van der Waals surface area (Å²) >= 11 is 0. The van der Waals surface area contributed by atoms with E-state index < -0.39 is 0 Å².